The molecule has 5 heteroatoms. The summed E-state index contributed by atoms with van der Waals surface area (Å²) in [6.07, 6.45) is 0.681. The molecule has 0 spiro atoms. The third kappa shape index (κ3) is 4.30. The van der Waals surface area contributed by atoms with E-state index in [1.807, 2.05) is 26.0 Å². The molecule has 20 heavy (non-hydrogen) atoms. The molecule has 0 amide bonds. The fourth-order valence-corrected chi connectivity index (χ4v) is 3.32. The molecular weight excluding hydrogens is 272 g/mol. The molecule has 0 aromatic heterocycles. The van der Waals surface area contributed by atoms with Gasteiger partial charge in [-0.05, 0) is 35.4 Å². The highest BCUT2D eigenvalue weighted by Crippen LogP contribution is 2.19. The molecule has 1 unspecified atom stereocenters. The standard InChI is InChI=1S/C15H26N2O2S/c1-5-14-7-6-13(9-16)8-15(14)20(18,19)17-10-12(4)11(2)3/h6-8,11-12,17H,5,9-10,16H2,1-4H3. The normalized spacial score (nSPS) is 13.7. The van der Waals surface area contributed by atoms with Crippen LogP contribution in [0.1, 0.15) is 38.8 Å². The first-order valence-electron chi connectivity index (χ1n) is 7.13. The first-order chi connectivity index (χ1) is 9.31. The third-order valence-electron chi connectivity index (χ3n) is 3.77. The lowest BCUT2D eigenvalue weighted by Crippen LogP contribution is -2.31. The van der Waals surface area contributed by atoms with Crippen LogP contribution in [-0.4, -0.2) is 15.0 Å². The van der Waals surface area contributed by atoms with Gasteiger partial charge in [0.05, 0.1) is 4.90 Å². The Morgan fingerprint density at radius 2 is 1.90 bits per heavy atom. The molecule has 0 radical (unpaired) electrons. The van der Waals surface area contributed by atoms with Crippen molar-refractivity contribution in [2.24, 2.45) is 17.6 Å². The van der Waals surface area contributed by atoms with Crippen LogP contribution in [0, 0.1) is 11.8 Å². The van der Waals surface area contributed by atoms with Crippen LogP contribution in [0.4, 0.5) is 0 Å². The molecule has 0 aliphatic rings. The molecule has 1 aromatic carbocycles. The van der Waals surface area contributed by atoms with Crippen LogP contribution in [0.2, 0.25) is 0 Å². The second-order valence-electron chi connectivity index (χ2n) is 5.57. The number of aryl methyl sites for hydroxylation is 1. The van der Waals surface area contributed by atoms with Gasteiger partial charge in [0.25, 0.3) is 0 Å². The molecule has 1 atom stereocenters. The van der Waals surface area contributed by atoms with Gasteiger partial charge in [0, 0.05) is 13.1 Å². The number of hydrogen-bond acceptors (Lipinski definition) is 3. The van der Waals surface area contributed by atoms with Gasteiger partial charge >= 0.3 is 0 Å². The van der Waals surface area contributed by atoms with Gasteiger partial charge in [0.1, 0.15) is 0 Å². The molecule has 1 rings (SSSR count). The van der Waals surface area contributed by atoms with Gasteiger partial charge in [-0.25, -0.2) is 13.1 Å². The van der Waals surface area contributed by atoms with Crippen molar-refractivity contribution in [2.75, 3.05) is 6.54 Å². The molecule has 0 aliphatic heterocycles. The van der Waals surface area contributed by atoms with Crippen molar-refractivity contribution in [3.63, 3.8) is 0 Å². The predicted octanol–water partition coefficient (Wildman–Crippen LogP) is 2.28. The Morgan fingerprint density at radius 3 is 2.40 bits per heavy atom. The van der Waals surface area contributed by atoms with Crippen LogP contribution in [0.15, 0.2) is 23.1 Å². The summed E-state index contributed by atoms with van der Waals surface area (Å²) in [4.78, 5) is 0.360. The van der Waals surface area contributed by atoms with E-state index in [0.717, 1.165) is 11.1 Å². The maximum Gasteiger partial charge on any atom is 0.240 e. The number of sulfonamides is 1. The van der Waals surface area contributed by atoms with Crippen LogP contribution in [0.25, 0.3) is 0 Å². The van der Waals surface area contributed by atoms with E-state index in [-0.39, 0.29) is 0 Å². The maximum atomic E-state index is 12.5. The summed E-state index contributed by atoms with van der Waals surface area (Å²) in [5.74, 6) is 0.742. The summed E-state index contributed by atoms with van der Waals surface area (Å²) < 4.78 is 27.6. The highest BCUT2D eigenvalue weighted by Gasteiger charge is 2.19. The lowest BCUT2D eigenvalue weighted by molar-refractivity contribution is 0.414. The Hall–Kier alpha value is -0.910. The van der Waals surface area contributed by atoms with Crippen molar-refractivity contribution in [2.45, 2.75) is 45.6 Å². The molecule has 4 nitrogen and oxygen atoms in total. The quantitative estimate of drug-likeness (QED) is 0.811. The zero-order valence-electron chi connectivity index (χ0n) is 12.8. The smallest absolute Gasteiger partial charge is 0.240 e. The monoisotopic (exact) mass is 298 g/mol. The molecule has 0 bridgehead atoms. The summed E-state index contributed by atoms with van der Waals surface area (Å²) >= 11 is 0. The number of rotatable bonds is 7. The van der Waals surface area contributed by atoms with E-state index in [1.165, 1.54) is 0 Å². The molecule has 0 saturated carbocycles. The van der Waals surface area contributed by atoms with Crippen molar-refractivity contribution in [1.29, 1.82) is 0 Å². The predicted molar refractivity (Wildman–Crippen MR) is 82.9 cm³/mol. The topological polar surface area (TPSA) is 72.2 Å². The van der Waals surface area contributed by atoms with Gasteiger partial charge in [-0.1, -0.05) is 39.8 Å². The molecule has 0 heterocycles. The Bertz CT molecular complexity index is 539. The molecule has 3 N–H and O–H groups in total. The molecule has 114 valence electrons. The highest BCUT2D eigenvalue weighted by molar-refractivity contribution is 7.89. The van der Waals surface area contributed by atoms with E-state index in [4.69, 9.17) is 5.73 Å². The SMILES string of the molecule is CCc1ccc(CN)cc1S(=O)(=O)NCC(C)C(C)C. The average Bonchev–Trinajstić information content (AvgIpc) is 2.43. The highest BCUT2D eigenvalue weighted by atomic mass is 32.2. The first-order valence-corrected chi connectivity index (χ1v) is 8.61. The Balaban J connectivity index is 3.02. The van der Waals surface area contributed by atoms with Crippen molar-refractivity contribution in [1.82, 2.24) is 4.72 Å². The van der Waals surface area contributed by atoms with Crippen LogP contribution in [0.3, 0.4) is 0 Å². The van der Waals surface area contributed by atoms with Crippen LogP contribution < -0.4 is 10.5 Å². The van der Waals surface area contributed by atoms with Crippen LogP contribution in [0.5, 0.6) is 0 Å². The zero-order valence-corrected chi connectivity index (χ0v) is 13.6. The lowest BCUT2D eigenvalue weighted by Gasteiger charge is -2.17. The van der Waals surface area contributed by atoms with E-state index in [0.29, 0.717) is 36.2 Å². The number of benzene rings is 1. The molecule has 1 aromatic rings. The molecule has 0 saturated heterocycles. The van der Waals surface area contributed by atoms with Gasteiger partial charge in [-0.3, -0.25) is 0 Å². The fraction of sp³-hybridized carbons (Fsp3) is 0.600. The van der Waals surface area contributed by atoms with E-state index < -0.39 is 10.0 Å². The van der Waals surface area contributed by atoms with Crippen molar-refractivity contribution in [3.8, 4) is 0 Å². The Morgan fingerprint density at radius 1 is 1.25 bits per heavy atom. The second-order valence-corrected chi connectivity index (χ2v) is 7.31. The number of nitrogens with two attached hydrogens (primary N) is 1. The van der Waals surface area contributed by atoms with Crippen molar-refractivity contribution in [3.05, 3.63) is 29.3 Å². The third-order valence-corrected chi connectivity index (χ3v) is 5.28. The fourth-order valence-electron chi connectivity index (χ4n) is 1.82. The van der Waals surface area contributed by atoms with Gasteiger partial charge in [-0.15, -0.1) is 0 Å². The lowest BCUT2D eigenvalue weighted by atomic mass is 9.99. The number of nitrogens with one attached hydrogen (secondary N) is 1. The summed E-state index contributed by atoms with van der Waals surface area (Å²) in [7, 11) is -3.47. The summed E-state index contributed by atoms with van der Waals surface area (Å²) in [6, 6.07) is 5.42. The molecule has 0 fully saturated rings. The molecular formula is C15H26N2O2S. The van der Waals surface area contributed by atoms with E-state index >= 15 is 0 Å². The molecule has 0 aliphatic carbocycles. The minimum absolute atomic E-state index is 0.299. The summed E-state index contributed by atoms with van der Waals surface area (Å²) in [5.41, 5.74) is 7.26. The van der Waals surface area contributed by atoms with Gasteiger partial charge in [-0.2, -0.15) is 0 Å². The van der Waals surface area contributed by atoms with E-state index in [9.17, 15) is 8.42 Å². The van der Waals surface area contributed by atoms with Crippen LogP contribution in [-0.2, 0) is 23.0 Å². The van der Waals surface area contributed by atoms with Crippen LogP contribution >= 0.6 is 0 Å². The summed E-state index contributed by atoms with van der Waals surface area (Å²) in [6.45, 7) is 8.97. The first kappa shape index (κ1) is 17.1. The Kier molecular flexibility index (Phi) is 6.17. The van der Waals surface area contributed by atoms with E-state index in [2.05, 4.69) is 18.6 Å². The van der Waals surface area contributed by atoms with Crippen molar-refractivity contribution >= 4 is 10.0 Å². The minimum atomic E-state index is -3.47. The van der Waals surface area contributed by atoms with Gasteiger partial charge in [0.15, 0.2) is 0 Å². The van der Waals surface area contributed by atoms with Crippen molar-refractivity contribution < 1.29 is 8.42 Å². The van der Waals surface area contributed by atoms with Gasteiger partial charge in [0.2, 0.25) is 10.0 Å². The second kappa shape index (κ2) is 7.20. The largest absolute Gasteiger partial charge is 0.326 e. The van der Waals surface area contributed by atoms with E-state index in [1.54, 1.807) is 6.07 Å². The maximum absolute atomic E-state index is 12.5. The van der Waals surface area contributed by atoms with Gasteiger partial charge < -0.3 is 5.73 Å². The number of hydrogen-bond donors (Lipinski definition) is 2. The zero-order chi connectivity index (χ0) is 15.3. The average molecular weight is 298 g/mol. The minimum Gasteiger partial charge on any atom is -0.326 e. The Labute approximate surface area is 122 Å². The summed E-state index contributed by atoms with van der Waals surface area (Å²) in [5, 5.41) is 0.